The summed E-state index contributed by atoms with van der Waals surface area (Å²) in [5.41, 5.74) is 1.06. The van der Waals surface area contributed by atoms with Crippen LogP contribution in [0.2, 0.25) is 0 Å². The van der Waals surface area contributed by atoms with Crippen molar-refractivity contribution in [1.29, 1.82) is 0 Å². The third-order valence-electron chi connectivity index (χ3n) is 3.02. The Morgan fingerprint density at radius 1 is 1.30 bits per heavy atom. The van der Waals surface area contributed by atoms with Gasteiger partial charge in [-0.25, -0.2) is 0 Å². The Balaban J connectivity index is 2.79. The fraction of sp³-hybridized carbons (Fsp3) is 0.600. The Morgan fingerprint density at radius 3 is 2.70 bits per heavy atom. The van der Waals surface area contributed by atoms with Crippen molar-refractivity contribution < 1.29 is 13.7 Å². The van der Waals surface area contributed by atoms with Crippen LogP contribution in [0.4, 0.5) is 0 Å². The topological polar surface area (TPSA) is 47.6 Å². The van der Waals surface area contributed by atoms with E-state index in [1.54, 1.807) is 14.2 Å². The van der Waals surface area contributed by atoms with Gasteiger partial charge in [0.05, 0.1) is 13.7 Å². The Morgan fingerprint density at radius 2 is 2.05 bits per heavy atom. The molecule has 1 rings (SSSR count). The molecule has 0 aromatic heterocycles. The molecule has 5 heteroatoms. The maximum absolute atomic E-state index is 12.1. The Kier molecular flexibility index (Phi) is 8.49. The summed E-state index contributed by atoms with van der Waals surface area (Å²) in [6, 6.07) is 7.94. The fourth-order valence-corrected chi connectivity index (χ4v) is 3.17. The maximum Gasteiger partial charge on any atom is 0.123 e. The zero-order valence-electron chi connectivity index (χ0n) is 12.6. The molecule has 0 aliphatic heterocycles. The normalized spacial score (nSPS) is 13.9. The van der Waals surface area contributed by atoms with Gasteiger partial charge in [0, 0.05) is 41.0 Å². The van der Waals surface area contributed by atoms with E-state index in [4.69, 9.17) is 9.47 Å². The highest BCUT2D eigenvalue weighted by molar-refractivity contribution is 7.85. The Hall–Kier alpha value is -0.910. The van der Waals surface area contributed by atoms with Gasteiger partial charge in [-0.05, 0) is 19.0 Å². The number of methoxy groups -OCH3 is 2. The van der Waals surface area contributed by atoms with Crippen LogP contribution in [0.15, 0.2) is 24.3 Å². The highest BCUT2D eigenvalue weighted by atomic mass is 32.2. The maximum atomic E-state index is 12.1. The van der Waals surface area contributed by atoms with Crippen molar-refractivity contribution >= 4 is 10.8 Å². The molecule has 2 atom stereocenters. The van der Waals surface area contributed by atoms with Crippen LogP contribution in [0.25, 0.3) is 0 Å². The zero-order chi connectivity index (χ0) is 14.8. The molecule has 1 aromatic rings. The molecular formula is C15H25NO3S. The molecule has 20 heavy (non-hydrogen) atoms. The minimum absolute atomic E-state index is 0.0452. The first-order chi connectivity index (χ1) is 9.72. The lowest BCUT2D eigenvalue weighted by molar-refractivity contribution is 0.218. The largest absolute Gasteiger partial charge is 0.496 e. The molecule has 0 spiro atoms. The zero-order valence-corrected chi connectivity index (χ0v) is 13.4. The lowest BCUT2D eigenvalue weighted by Crippen LogP contribution is -2.28. The summed E-state index contributed by atoms with van der Waals surface area (Å²) >= 11 is 0. The standard InChI is InChI=1S/C15H25NO3S/c1-4-9-16-14(12-20(17)11-10-18-2)13-7-5-6-8-15(13)19-3/h5-8,14,16H,4,9-12H2,1-3H3. The van der Waals surface area contributed by atoms with Crippen LogP contribution in [-0.4, -0.2) is 43.1 Å². The highest BCUT2D eigenvalue weighted by Crippen LogP contribution is 2.25. The van der Waals surface area contributed by atoms with Gasteiger partial charge in [0.25, 0.3) is 0 Å². The van der Waals surface area contributed by atoms with Gasteiger partial charge in [0.2, 0.25) is 0 Å². The first-order valence-electron chi connectivity index (χ1n) is 6.93. The molecule has 1 aromatic carbocycles. The van der Waals surface area contributed by atoms with E-state index in [-0.39, 0.29) is 6.04 Å². The van der Waals surface area contributed by atoms with E-state index < -0.39 is 10.8 Å². The monoisotopic (exact) mass is 299 g/mol. The van der Waals surface area contributed by atoms with Crippen molar-refractivity contribution in [2.45, 2.75) is 19.4 Å². The van der Waals surface area contributed by atoms with Crippen LogP contribution in [0, 0.1) is 0 Å². The van der Waals surface area contributed by atoms with Crippen molar-refractivity contribution in [3.05, 3.63) is 29.8 Å². The third-order valence-corrected chi connectivity index (χ3v) is 4.35. The first-order valence-corrected chi connectivity index (χ1v) is 8.41. The number of nitrogens with one attached hydrogen (secondary N) is 1. The average molecular weight is 299 g/mol. The van der Waals surface area contributed by atoms with Crippen molar-refractivity contribution in [2.24, 2.45) is 0 Å². The predicted octanol–water partition coefficient (Wildman–Crippen LogP) is 2.13. The number of para-hydroxylation sites is 1. The van der Waals surface area contributed by atoms with E-state index in [9.17, 15) is 4.21 Å². The molecule has 0 radical (unpaired) electrons. The van der Waals surface area contributed by atoms with Gasteiger partial charge in [0.1, 0.15) is 5.75 Å². The molecule has 0 aliphatic rings. The molecule has 0 amide bonds. The van der Waals surface area contributed by atoms with Gasteiger partial charge in [-0.15, -0.1) is 0 Å². The van der Waals surface area contributed by atoms with Gasteiger partial charge in [-0.1, -0.05) is 25.1 Å². The summed E-state index contributed by atoms with van der Waals surface area (Å²) in [6.07, 6.45) is 1.04. The molecule has 114 valence electrons. The molecule has 1 N–H and O–H groups in total. The summed E-state index contributed by atoms with van der Waals surface area (Å²) in [5, 5.41) is 3.45. The van der Waals surface area contributed by atoms with Crippen LogP contribution < -0.4 is 10.1 Å². The Labute approximate surface area is 124 Å². The number of hydrogen-bond acceptors (Lipinski definition) is 4. The SMILES string of the molecule is CCCNC(CS(=O)CCOC)c1ccccc1OC. The van der Waals surface area contributed by atoms with E-state index in [2.05, 4.69) is 12.2 Å². The van der Waals surface area contributed by atoms with E-state index in [1.165, 1.54) is 0 Å². The second kappa shape index (κ2) is 9.91. The van der Waals surface area contributed by atoms with Crippen LogP contribution in [0.1, 0.15) is 24.9 Å². The molecule has 2 unspecified atom stereocenters. The van der Waals surface area contributed by atoms with Gasteiger partial charge in [-0.2, -0.15) is 0 Å². The van der Waals surface area contributed by atoms with Crippen LogP contribution >= 0.6 is 0 Å². The number of rotatable bonds is 10. The lowest BCUT2D eigenvalue weighted by Gasteiger charge is -2.21. The lowest BCUT2D eigenvalue weighted by atomic mass is 10.1. The van der Waals surface area contributed by atoms with Gasteiger partial charge in [-0.3, -0.25) is 4.21 Å². The number of hydrogen-bond donors (Lipinski definition) is 1. The van der Waals surface area contributed by atoms with Gasteiger partial charge in [0.15, 0.2) is 0 Å². The molecule has 0 bridgehead atoms. The van der Waals surface area contributed by atoms with Crippen LogP contribution in [-0.2, 0) is 15.5 Å². The Bertz CT molecular complexity index is 412. The third kappa shape index (κ3) is 5.61. The predicted molar refractivity (Wildman–Crippen MR) is 83.8 cm³/mol. The highest BCUT2D eigenvalue weighted by Gasteiger charge is 2.17. The van der Waals surface area contributed by atoms with E-state index in [1.807, 2.05) is 24.3 Å². The summed E-state index contributed by atoms with van der Waals surface area (Å²) < 4.78 is 22.5. The molecule has 0 aliphatic carbocycles. The molecular weight excluding hydrogens is 274 g/mol. The van der Waals surface area contributed by atoms with E-state index >= 15 is 0 Å². The second-order valence-corrected chi connectivity index (χ2v) is 6.17. The average Bonchev–Trinajstić information content (AvgIpc) is 2.49. The summed E-state index contributed by atoms with van der Waals surface area (Å²) in [6.45, 7) is 3.54. The second-order valence-electron chi connectivity index (χ2n) is 4.55. The van der Waals surface area contributed by atoms with Gasteiger partial charge < -0.3 is 14.8 Å². The number of benzene rings is 1. The van der Waals surface area contributed by atoms with E-state index in [0.717, 1.165) is 24.3 Å². The molecule has 0 heterocycles. The summed E-state index contributed by atoms with van der Waals surface area (Å²) in [4.78, 5) is 0. The molecule has 0 fully saturated rings. The summed E-state index contributed by atoms with van der Waals surface area (Å²) in [5.74, 6) is 1.98. The fourth-order valence-electron chi connectivity index (χ4n) is 1.98. The smallest absolute Gasteiger partial charge is 0.123 e. The van der Waals surface area contributed by atoms with Crippen LogP contribution in [0.3, 0.4) is 0 Å². The van der Waals surface area contributed by atoms with Crippen molar-refractivity contribution in [3.63, 3.8) is 0 Å². The first kappa shape index (κ1) is 17.1. The van der Waals surface area contributed by atoms with Crippen molar-refractivity contribution in [2.75, 3.05) is 38.9 Å². The van der Waals surface area contributed by atoms with E-state index in [0.29, 0.717) is 18.1 Å². The van der Waals surface area contributed by atoms with Crippen LogP contribution in [0.5, 0.6) is 5.75 Å². The number of ether oxygens (including phenoxy) is 2. The van der Waals surface area contributed by atoms with Crippen molar-refractivity contribution in [3.8, 4) is 5.75 Å². The van der Waals surface area contributed by atoms with Gasteiger partial charge >= 0.3 is 0 Å². The molecule has 0 saturated heterocycles. The molecule has 0 saturated carbocycles. The molecule has 4 nitrogen and oxygen atoms in total. The van der Waals surface area contributed by atoms with Crippen molar-refractivity contribution in [1.82, 2.24) is 5.32 Å². The summed E-state index contributed by atoms with van der Waals surface area (Å²) in [7, 11) is 2.39. The minimum atomic E-state index is -0.907. The quantitative estimate of drug-likeness (QED) is 0.719. The minimum Gasteiger partial charge on any atom is -0.496 e.